The number of aromatic nitrogens is 6. The molecule has 0 radical (unpaired) electrons. The maximum atomic E-state index is 12.7. The summed E-state index contributed by atoms with van der Waals surface area (Å²) in [6.45, 7) is 2.29. The zero-order valence-electron chi connectivity index (χ0n) is 14.0. The summed E-state index contributed by atoms with van der Waals surface area (Å²) in [6.07, 6.45) is 1.84. The highest BCUT2D eigenvalue weighted by atomic mass is 32.1. The van der Waals surface area contributed by atoms with Crippen molar-refractivity contribution in [3.8, 4) is 10.4 Å². The summed E-state index contributed by atoms with van der Waals surface area (Å²) in [4.78, 5) is 14.2. The van der Waals surface area contributed by atoms with Crippen LogP contribution in [0.5, 0.6) is 0 Å². The molecule has 0 unspecified atom stereocenters. The molecule has 138 valence electrons. The Labute approximate surface area is 151 Å². The third-order valence-corrected chi connectivity index (χ3v) is 4.88. The summed E-state index contributed by atoms with van der Waals surface area (Å²) < 4.78 is 29.2. The summed E-state index contributed by atoms with van der Waals surface area (Å²) in [7, 11) is 0. The minimum absolute atomic E-state index is 0.213. The molecule has 0 aliphatic carbocycles. The molecule has 0 bridgehead atoms. The molecule has 0 aliphatic heterocycles. The lowest BCUT2D eigenvalue weighted by molar-refractivity contribution is 0.400. The lowest BCUT2D eigenvalue weighted by Gasteiger charge is -2.00. The number of thiophene rings is 1. The Morgan fingerprint density at radius 1 is 1.27 bits per heavy atom. The third-order valence-electron chi connectivity index (χ3n) is 3.76. The molecule has 0 saturated carbocycles. The predicted molar refractivity (Wildman–Crippen MR) is 92.9 cm³/mol. The van der Waals surface area contributed by atoms with Gasteiger partial charge in [-0.05, 0) is 29.5 Å². The lowest BCUT2D eigenvalue weighted by Crippen LogP contribution is -2.27. The van der Waals surface area contributed by atoms with Crippen LogP contribution in [0, 0.1) is 0 Å². The van der Waals surface area contributed by atoms with Gasteiger partial charge in [0.05, 0.1) is 19.3 Å². The van der Waals surface area contributed by atoms with Crippen molar-refractivity contribution in [1.82, 2.24) is 29.6 Å². The van der Waals surface area contributed by atoms with E-state index in [1.54, 1.807) is 6.20 Å². The maximum Gasteiger partial charge on any atom is 0.364 e. The van der Waals surface area contributed by atoms with Gasteiger partial charge in [0, 0.05) is 40.2 Å². The molecular formula is C15H17F2N7OS. The fourth-order valence-corrected chi connectivity index (χ4v) is 3.28. The van der Waals surface area contributed by atoms with Gasteiger partial charge in [0.25, 0.3) is 6.08 Å². The molecule has 3 rings (SSSR count). The van der Waals surface area contributed by atoms with Gasteiger partial charge < -0.3 is 5.73 Å². The summed E-state index contributed by atoms with van der Waals surface area (Å²) in [6, 6.07) is 3.83. The Morgan fingerprint density at radius 2 is 2.04 bits per heavy atom. The van der Waals surface area contributed by atoms with Gasteiger partial charge in [-0.25, -0.2) is 4.79 Å². The largest absolute Gasteiger partial charge is 0.364 e. The van der Waals surface area contributed by atoms with E-state index < -0.39 is 11.8 Å². The monoisotopic (exact) mass is 381 g/mol. The van der Waals surface area contributed by atoms with Crippen molar-refractivity contribution in [3.05, 3.63) is 51.5 Å². The van der Waals surface area contributed by atoms with Crippen molar-refractivity contribution >= 4 is 11.3 Å². The van der Waals surface area contributed by atoms with E-state index in [1.807, 2.05) is 29.9 Å². The first-order chi connectivity index (χ1) is 12.5. The van der Waals surface area contributed by atoms with Crippen molar-refractivity contribution in [3.63, 3.8) is 0 Å². The number of aryl methyl sites for hydroxylation is 1. The molecular weight excluding hydrogens is 364 g/mol. The Bertz CT molecular complexity index is 980. The van der Waals surface area contributed by atoms with E-state index >= 15 is 0 Å². The number of nitrogens with zero attached hydrogens (tertiary/aromatic N) is 6. The minimum Gasteiger partial charge on any atom is -0.327 e. The first kappa shape index (κ1) is 18.1. The van der Waals surface area contributed by atoms with Gasteiger partial charge in [-0.2, -0.15) is 23.2 Å². The van der Waals surface area contributed by atoms with Crippen LogP contribution in [0.25, 0.3) is 10.4 Å². The highest BCUT2D eigenvalue weighted by Crippen LogP contribution is 2.27. The lowest BCUT2D eigenvalue weighted by atomic mass is 10.3. The second kappa shape index (κ2) is 7.70. The molecule has 11 heteroatoms. The second-order valence-corrected chi connectivity index (χ2v) is 6.66. The van der Waals surface area contributed by atoms with E-state index in [4.69, 9.17) is 5.73 Å². The molecule has 26 heavy (non-hydrogen) atoms. The fourth-order valence-electron chi connectivity index (χ4n) is 2.32. The highest BCUT2D eigenvalue weighted by Gasteiger charge is 2.13. The number of hydrogen-bond donors (Lipinski definition) is 1. The predicted octanol–water partition coefficient (Wildman–Crippen LogP) is 1.54. The van der Waals surface area contributed by atoms with Gasteiger partial charge in [-0.3, -0.25) is 4.68 Å². The molecule has 3 aromatic heterocycles. The number of halogens is 2. The zero-order valence-corrected chi connectivity index (χ0v) is 14.8. The standard InChI is InChI=1S/C15H17F2N7OS/c1-2-22-7-11(6-19-22)13-4-3-12(26-13)9-24-15(25)23(20-21-24)8-10(5-18)14(16)17/h3-4,6-7H,2,5,8-9,18H2,1H3. The van der Waals surface area contributed by atoms with E-state index in [1.165, 1.54) is 11.3 Å². The Morgan fingerprint density at radius 3 is 2.69 bits per heavy atom. The topological polar surface area (TPSA) is 96.5 Å². The molecule has 3 aromatic rings. The molecule has 0 fully saturated rings. The number of nitrogens with two attached hydrogens (primary N) is 1. The Hall–Kier alpha value is -2.66. The van der Waals surface area contributed by atoms with E-state index in [0.717, 1.165) is 31.2 Å². The third kappa shape index (κ3) is 3.78. The van der Waals surface area contributed by atoms with Crippen LogP contribution < -0.4 is 11.4 Å². The average Bonchev–Trinajstić information content (AvgIpc) is 3.34. The maximum absolute atomic E-state index is 12.7. The van der Waals surface area contributed by atoms with Crippen LogP contribution in [0.1, 0.15) is 11.8 Å². The van der Waals surface area contributed by atoms with Gasteiger partial charge in [-0.15, -0.1) is 11.3 Å². The zero-order chi connectivity index (χ0) is 18.7. The van der Waals surface area contributed by atoms with E-state index in [9.17, 15) is 13.6 Å². The van der Waals surface area contributed by atoms with Crippen LogP contribution in [-0.4, -0.2) is 36.1 Å². The smallest absolute Gasteiger partial charge is 0.327 e. The highest BCUT2D eigenvalue weighted by molar-refractivity contribution is 7.15. The molecule has 3 heterocycles. The number of tetrazole rings is 1. The molecule has 8 nitrogen and oxygen atoms in total. The van der Waals surface area contributed by atoms with Crippen molar-refractivity contribution in [2.45, 2.75) is 26.6 Å². The molecule has 0 atom stereocenters. The van der Waals surface area contributed by atoms with Crippen LogP contribution in [-0.2, 0) is 19.6 Å². The Balaban J connectivity index is 1.76. The quantitative estimate of drug-likeness (QED) is 0.670. The first-order valence-corrected chi connectivity index (χ1v) is 8.68. The van der Waals surface area contributed by atoms with Gasteiger partial charge >= 0.3 is 5.69 Å². The van der Waals surface area contributed by atoms with Crippen LogP contribution in [0.2, 0.25) is 0 Å². The van der Waals surface area contributed by atoms with Crippen molar-refractivity contribution in [1.29, 1.82) is 0 Å². The molecule has 0 spiro atoms. The van der Waals surface area contributed by atoms with E-state index in [0.29, 0.717) is 0 Å². The first-order valence-electron chi connectivity index (χ1n) is 7.87. The second-order valence-electron chi connectivity index (χ2n) is 5.50. The normalized spacial score (nSPS) is 11.1. The molecule has 0 aliphatic rings. The van der Waals surface area contributed by atoms with Gasteiger partial charge in [0.15, 0.2) is 0 Å². The van der Waals surface area contributed by atoms with Crippen molar-refractivity contribution in [2.24, 2.45) is 5.73 Å². The SMILES string of the molecule is CCn1cc(-c2ccc(Cn3nnn(CC(CN)=C(F)F)c3=O)s2)cn1. The summed E-state index contributed by atoms with van der Waals surface area (Å²) >= 11 is 1.51. The van der Waals surface area contributed by atoms with Crippen molar-refractivity contribution < 1.29 is 8.78 Å². The van der Waals surface area contributed by atoms with Gasteiger partial charge in [0.2, 0.25) is 0 Å². The molecule has 0 aromatic carbocycles. The Kier molecular flexibility index (Phi) is 5.38. The summed E-state index contributed by atoms with van der Waals surface area (Å²) in [5.74, 6) is 0. The van der Waals surface area contributed by atoms with Gasteiger partial charge in [-0.1, -0.05) is 0 Å². The minimum atomic E-state index is -1.90. The van der Waals surface area contributed by atoms with Gasteiger partial charge in [0.1, 0.15) is 0 Å². The van der Waals surface area contributed by atoms with Crippen LogP contribution in [0.3, 0.4) is 0 Å². The summed E-state index contributed by atoms with van der Waals surface area (Å²) in [5, 5.41) is 11.6. The summed E-state index contributed by atoms with van der Waals surface area (Å²) in [5.41, 5.74) is 5.35. The number of hydrogen-bond acceptors (Lipinski definition) is 6. The molecule has 2 N–H and O–H groups in total. The average molecular weight is 381 g/mol. The fraction of sp³-hybridized carbons (Fsp3) is 0.333. The van der Waals surface area contributed by atoms with Crippen LogP contribution in [0.4, 0.5) is 8.78 Å². The van der Waals surface area contributed by atoms with E-state index in [-0.39, 0.29) is 25.2 Å². The van der Waals surface area contributed by atoms with Crippen molar-refractivity contribution in [2.75, 3.05) is 6.54 Å². The molecule has 0 saturated heterocycles. The van der Waals surface area contributed by atoms with E-state index in [2.05, 4.69) is 15.5 Å². The number of rotatable bonds is 7. The van der Waals surface area contributed by atoms with Crippen LogP contribution >= 0.6 is 11.3 Å². The van der Waals surface area contributed by atoms with Crippen LogP contribution in [0.15, 0.2) is 41.0 Å². The molecule has 0 amide bonds.